The molecule has 2 rings (SSSR count). The van der Waals surface area contributed by atoms with E-state index in [0.29, 0.717) is 30.2 Å². The van der Waals surface area contributed by atoms with Gasteiger partial charge in [-0.05, 0) is 30.2 Å². The molecule has 2 atom stereocenters. The Balaban J connectivity index is 1.69. The highest BCUT2D eigenvalue weighted by molar-refractivity contribution is 7.12. The van der Waals surface area contributed by atoms with E-state index in [2.05, 4.69) is 12.2 Å². The molecule has 2 N–H and O–H groups in total. The average molecular weight is 310 g/mol. The van der Waals surface area contributed by atoms with Gasteiger partial charge in [-0.2, -0.15) is 0 Å². The highest BCUT2D eigenvalue weighted by Crippen LogP contribution is 2.24. The summed E-state index contributed by atoms with van der Waals surface area (Å²) in [6.45, 7) is 3.32. The fourth-order valence-corrected chi connectivity index (χ4v) is 3.32. The van der Waals surface area contributed by atoms with E-state index in [1.165, 1.54) is 11.3 Å². The van der Waals surface area contributed by atoms with Crippen molar-refractivity contribution in [2.24, 2.45) is 5.92 Å². The zero-order chi connectivity index (χ0) is 15.2. The maximum Gasteiger partial charge on any atom is 0.261 e. The maximum atomic E-state index is 12.1. The van der Waals surface area contributed by atoms with Crippen LogP contribution in [0.15, 0.2) is 17.5 Å². The summed E-state index contributed by atoms with van der Waals surface area (Å²) in [4.78, 5) is 26.3. The Hall–Kier alpha value is -1.40. The molecular formula is C15H22N2O3S. The molecule has 1 fully saturated rings. The lowest BCUT2D eigenvalue weighted by Gasteiger charge is -2.25. The van der Waals surface area contributed by atoms with E-state index >= 15 is 0 Å². The third-order valence-corrected chi connectivity index (χ3v) is 4.86. The molecule has 1 saturated heterocycles. The van der Waals surface area contributed by atoms with Gasteiger partial charge in [0.05, 0.1) is 17.5 Å². The number of carbonyl (C=O) groups excluding carboxylic acids is 2. The van der Waals surface area contributed by atoms with Gasteiger partial charge in [0.25, 0.3) is 5.91 Å². The Bertz CT molecular complexity index is 475. The molecule has 1 aromatic rings. The maximum absolute atomic E-state index is 12.1. The summed E-state index contributed by atoms with van der Waals surface area (Å²) in [6.07, 6.45) is 1.99. The van der Waals surface area contributed by atoms with Crippen molar-refractivity contribution in [3.8, 4) is 0 Å². The standard InChI is InChI=1S/C15H22N2O3S/c1-11-6-8-17(12(11)10-18)14(19)5-2-7-16-15(20)13-4-3-9-21-13/h3-4,9,11-12,18H,2,5-8,10H2,1H3,(H,16,20). The fourth-order valence-electron chi connectivity index (χ4n) is 2.68. The lowest BCUT2D eigenvalue weighted by molar-refractivity contribution is -0.133. The number of hydrogen-bond acceptors (Lipinski definition) is 4. The summed E-state index contributed by atoms with van der Waals surface area (Å²) >= 11 is 1.40. The van der Waals surface area contributed by atoms with Crippen LogP contribution in [-0.4, -0.2) is 47.6 Å². The van der Waals surface area contributed by atoms with Crippen LogP contribution in [0.4, 0.5) is 0 Å². The number of rotatable bonds is 6. The first kappa shape index (κ1) is 16.0. The first-order chi connectivity index (χ1) is 10.1. The second kappa shape index (κ2) is 7.56. The van der Waals surface area contributed by atoms with Crippen molar-refractivity contribution in [1.82, 2.24) is 10.2 Å². The molecule has 0 bridgehead atoms. The molecule has 2 unspecified atom stereocenters. The van der Waals surface area contributed by atoms with Gasteiger partial charge in [0, 0.05) is 19.5 Å². The van der Waals surface area contributed by atoms with Crippen molar-refractivity contribution in [3.63, 3.8) is 0 Å². The van der Waals surface area contributed by atoms with Crippen molar-refractivity contribution in [2.45, 2.75) is 32.2 Å². The zero-order valence-corrected chi connectivity index (χ0v) is 13.1. The second-order valence-electron chi connectivity index (χ2n) is 5.44. The molecule has 1 aromatic heterocycles. The van der Waals surface area contributed by atoms with Gasteiger partial charge in [-0.1, -0.05) is 13.0 Å². The van der Waals surface area contributed by atoms with E-state index in [0.717, 1.165) is 13.0 Å². The Morgan fingerprint density at radius 2 is 2.33 bits per heavy atom. The van der Waals surface area contributed by atoms with Gasteiger partial charge in [-0.3, -0.25) is 9.59 Å². The van der Waals surface area contributed by atoms with E-state index in [1.54, 1.807) is 11.0 Å². The van der Waals surface area contributed by atoms with Gasteiger partial charge in [-0.15, -0.1) is 11.3 Å². The van der Waals surface area contributed by atoms with Crippen molar-refractivity contribution in [2.75, 3.05) is 19.7 Å². The molecule has 0 saturated carbocycles. The summed E-state index contributed by atoms with van der Waals surface area (Å²) < 4.78 is 0. The van der Waals surface area contributed by atoms with Gasteiger partial charge in [0.15, 0.2) is 0 Å². The van der Waals surface area contributed by atoms with Crippen LogP contribution < -0.4 is 5.32 Å². The molecule has 1 aliphatic heterocycles. The minimum atomic E-state index is -0.0829. The smallest absolute Gasteiger partial charge is 0.261 e. The van der Waals surface area contributed by atoms with Crippen LogP contribution in [-0.2, 0) is 4.79 Å². The van der Waals surface area contributed by atoms with Crippen molar-refractivity contribution in [3.05, 3.63) is 22.4 Å². The minimum absolute atomic E-state index is 0.0298. The normalized spacial score (nSPS) is 21.5. The Morgan fingerprint density at radius 1 is 1.52 bits per heavy atom. The summed E-state index contributed by atoms with van der Waals surface area (Å²) in [5.74, 6) is 0.349. The zero-order valence-electron chi connectivity index (χ0n) is 12.2. The highest BCUT2D eigenvalue weighted by Gasteiger charge is 2.33. The number of likely N-dealkylation sites (tertiary alicyclic amines) is 1. The summed E-state index contributed by atoms with van der Waals surface area (Å²) in [5, 5.41) is 14.0. The van der Waals surface area contributed by atoms with Gasteiger partial charge in [-0.25, -0.2) is 0 Å². The number of aliphatic hydroxyl groups is 1. The topological polar surface area (TPSA) is 69.6 Å². The van der Waals surface area contributed by atoms with Crippen molar-refractivity contribution in [1.29, 1.82) is 0 Å². The predicted molar refractivity (Wildman–Crippen MR) is 82.3 cm³/mol. The van der Waals surface area contributed by atoms with Crippen LogP contribution in [0, 0.1) is 5.92 Å². The molecule has 2 amide bonds. The Labute approximate surface area is 129 Å². The number of amides is 2. The predicted octanol–water partition coefficient (Wildman–Crippen LogP) is 1.49. The van der Waals surface area contributed by atoms with Crippen LogP contribution in [0.25, 0.3) is 0 Å². The van der Waals surface area contributed by atoms with Crippen LogP contribution >= 0.6 is 11.3 Å². The van der Waals surface area contributed by atoms with E-state index in [-0.39, 0.29) is 24.5 Å². The van der Waals surface area contributed by atoms with Crippen molar-refractivity contribution < 1.29 is 14.7 Å². The molecule has 0 radical (unpaired) electrons. The quantitative estimate of drug-likeness (QED) is 0.782. The molecular weight excluding hydrogens is 288 g/mol. The number of carbonyl (C=O) groups is 2. The fraction of sp³-hybridized carbons (Fsp3) is 0.600. The van der Waals surface area contributed by atoms with Crippen LogP contribution in [0.5, 0.6) is 0 Å². The minimum Gasteiger partial charge on any atom is -0.394 e. The number of thiophene rings is 1. The largest absolute Gasteiger partial charge is 0.394 e. The number of hydrogen-bond donors (Lipinski definition) is 2. The van der Waals surface area contributed by atoms with Gasteiger partial charge >= 0.3 is 0 Å². The summed E-state index contributed by atoms with van der Waals surface area (Å²) in [5.41, 5.74) is 0. The first-order valence-electron chi connectivity index (χ1n) is 7.35. The molecule has 0 aromatic carbocycles. The molecule has 5 nitrogen and oxygen atoms in total. The van der Waals surface area contributed by atoms with E-state index in [1.807, 2.05) is 11.4 Å². The van der Waals surface area contributed by atoms with Crippen LogP contribution in [0.1, 0.15) is 35.9 Å². The van der Waals surface area contributed by atoms with Crippen LogP contribution in [0.2, 0.25) is 0 Å². The lowest BCUT2D eigenvalue weighted by Crippen LogP contribution is -2.40. The second-order valence-corrected chi connectivity index (χ2v) is 6.39. The Kier molecular flexibility index (Phi) is 5.76. The van der Waals surface area contributed by atoms with Gasteiger partial charge in [0.1, 0.15) is 0 Å². The van der Waals surface area contributed by atoms with Crippen LogP contribution in [0.3, 0.4) is 0 Å². The van der Waals surface area contributed by atoms with Gasteiger partial charge < -0.3 is 15.3 Å². The Morgan fingerprint density at radius 3 is 3.00 bits per heavy atom. The molecule has 0 aliphatic carbocycles. The molecule has 6 heteroatoms. The molecule has 1 aliphatic rings. The SMILES string of the molecule is CC1CCN(C(=O)CCCNC(=O)c2cccs2)C1CO. The number of nitrogens with one attached hydrogen (secondary N) is 1. The molecule has 2 heterocycles. The lowest BCUT2D eigenvalue weighted by atomic mass is 10.0. The molecule has 116 valence electrons. The molecule has 21 heavy (non-hydrogen) atoms. The number of nitrogens with zero attached hydrogens (tertiary/aromatic N) is 1. The first-order valence-corrected chi connectivity index (χ1v) is 8.23. The van der Waals surface area contributed by atoms with E-state index < -0.39 is 0 Å². The molecule has 0 spiro atoms. The monoisotopic (exact) mass is 310 g/mol. The summed E-state index contributed by atoms with van der Waals surface area (Å²) in [7, 11) is 0. The van der Waals surface area contributed by atoms with E-state index in [4.69, 9.17) is 0 Å². The van der Waals surface area contributed by atoms with E-state index in [9.17, 15) is 14.7 Å². The average Bonchev–Trinajstić information content (AvgIpc) is 3.12. The summed E-state index contributed by atoms with van der Waals surface area (Å²) in [6, 6.07) is 3.58. The highest BCUT2D eigenvalue weighted by atomic mass is 32.1. The van der Waals surface area contributed by atoms with Gasteiger partial charge in [0.2, 0.25) is 5.91 Å². The van der Waals surface area contributed by atoms with Crippen molar-refractivity contribution >= 4 is 23.2 Å². The third-order valence-electron chi connectivity index (χ3n) is 3.99. The number of aliphatic hydroxyl groups excluding tert-OH is 1. The third kappa shape index (κ3) is 4.04.